The molecule has 0 aliphatic heterocycles. The van der Waals surface area contributed by atoms with Gasteiger partial charge in [-0.25, -0.2) is 0 Å². The summed E-state index contributed by atoms with van der Waals surface area (Å²) in [5.41, 5.74) is 0.297. The molecule has 22 heavy (non-hydrogen) atoms. The molecule has 0 bridgehead atoms. The van der Waals surface area contributed by atoms with Crippen molar-refractivity contribution in [3.05, 3.63) is 44.2 Å². The quantitative estimate of drug-likeness (QED) is 0.463. The zero-order valence-electron chi connectivity index (χ0n) is 12.6. The second kappa shape index (κ2) is 7.06. The summed E-state index contributed by atoms with van der Waals surface area (Å²) in [6.07, 6.45) is 6.02. The van der Waals surface area contributed by atoms with Crippen LogP contribution < -0.4 is 5.43 Å². The highest BCUT2D eigenvalue weighted by Crippen LogP contribution is 2.22. The Labute approximate surface area is 127 Å². The second-order valence-corrected chi connectivity index (χ2v) is 5.43. The second-order valence-electron chi connectivity index (χ2n) is 5.43. The van der Waals surface area contributed by atoms with Gasteiger partial charge in [0.25, 0.3) is 5.69 Å². The Kier molecular flexibility index (Phi) is 5.14. The summed E-state index contributed by atoms with van der Waals surface area (Å²) in [6, 6.07) is 4.05. The Morgan fingerprint density at radius 2 is 1.95 bits per heavy atom. The van der Waals surface area contributed by atoms with Gasteiger partial charge in [0.05, 0.1) is 21.5 Å². The largest absolute Gasteiger partial charge is 0.503 e. The van der Waals surface area contributed by atoms with Crippen molar-refractivity contribution in [2.75, 3.05) is 0 Å². The maximum atomic E-state index is 12.2. The molecule has 118 valence electrons. The number of aromatic amines is 1. The Balaban J connectivity index is 2.26. The third-order valence-corrected chi connectivity index (χ3v) is 3.78. The monoisotopic (exact) mass is 304 g/mol. The summed E-state index contributed by atoms with van der Waals surface area (Å²) < 4.78 is 0. The molecule has 1 aromatic carbocycles. The molecule has 1 aromatic heterocycles. The number of nitro benzene ring substituents is 1. The van der Waals surface area contributed by atoms with E-state index in [2.05, 4.69) is 11.9 Å². The van der Waals surface area contributed by atoms with Crippen molar-refractivity contribution in [1.29, 1.82) is 0 Å². The van der Waals surface area contributed by atoms with E-state index < -0.39 is 10.4 Å². The highest BCUT2D eigenvalue weighted by atomic mass is 16.6. The number of H-pyrrole nitrogens is 1. The molecule has 0 radical (unpaired) electrons. The highest BCUT2D eigenvalue weighted by Gasteiger charge is 2.14. The van der Waals surface area contributed by atoms with E-state index in [1.807, 2.05) is 0 Å². The average Bonchev–Trinajstić information content (AvgIpc) is 2.51. The number of hydrogen-bond acceptors (Lipinski definition) is 4. The van der Waals surface area contributed by atoms with Gasteiger partial charge >= 0.3 is 0 Å². The number of nitro groups is 1. The number of nitrogens with one attached hydrogen (secondary N) is 1. The number of aromatic hydroxyl groups is 1. The number of rotatable bonds is 7. The van der Waals surface area contributed by atoms with Crippen LogP contribution in [-0.2, 0) is 6.42 Å². The Morgan fingerprint density at radius 1 is 1.23 bits per heavy atom. The number of non-ortho nitro benzene ring substituents is 1. The molecule has 0 saturated carbocycles. The van der Waals surface area contributed by atoms with E-state index >= 15 is 0 Å². The van der Waals surface area contributed by atoms with Crippen LogP contribution in [0.4, 0.5) is 5.69 Å². The van der Waals surface area contributed by atoms with Crippen LogP contribution in [0.5, 0.6) is 5.75 Å². The molecule has 0 atom stereocenters. The molecule has 0 amide bonds. The predicted molar refractivity (Wildman–Crippen MR) is 85.4 cm³/mol. The summed E-state index contributed by atoms with van der Waals surface area (Å²) >= 11 is 0. The van der Waals surface area contributed by atoms with E-state index in [0.717, 1.165) is 25.7 Å². The van der Waals surface area contributed by atoms with E-state index in [-0.39, 0.29) is 16.8 Å². The number of aromatic nitrogens is 1. The minimum absolute atomic E-state index is 0.140. The van der Waals surface area contributed by atoms with Crippen molar-refractivity contribution in [3.8, 4) is 5.75 Å². The van der Waals surface area contributed by atoms with Gasteiger partial charge < -0.3 is 10.1 Å². The molecule has 2 N–H and O–H groups in total. The van der Waals surface area contributed by atoms with Crippen LogP contribution in [0.2, 0.25) is 0 Å². The molecule has 1 heterocycles. The number of nitrogens with zero attached hydrogens (tertiary/aromatic N) is 1. The zero-order valence-corrected chi connectivity index (χ0v) is 12.6. The smallest absolute Gasteiger partial charge is 0.270 e. The van der Waals surface area contributed by atoms with Gasteiger partial charge in [-0.3, -0.25) is 14.9 Å². The molecule has 0 aliphatic rings. The number of aryl methyl sites for hydroxylation is 1. The lowest BCUT2D eigenvalue weighted by molar-refractivity contribution is -0.384. The number of hydrogen-bond donors (Lipinski definition) is 2. The van der Waals surface area contributed by atoms with E-state index in [4.69, 9.17) is 0 Å². The first-order valence-corrected chi connectivity index (χ1v) is 7.57. The Hall–Kier alpha value is -2.37. The molecule has 0 fully saturated rings. The fraction of sp³-hybridized carbons (Fsp3) is 0.438. The third kappa shape index (κ3) is 3.44. The maximum absolute atomic E-state index is 12.2. The van der Waals surface area contributed by atoms with Crippen LogP contribution in [0.15, 0.2) is 23.0 Å². The van der Waals surface area contributed by atoms with E-state index in [9.17, 15) is 20.0 Å². The molecular weight excluding hydrogens is 284 g/mol. The third-order valence-electron chi connectivity index (χ3n) is 3.78. The highest BCUT2D eigenvalue weighted by molar-refractivity contribution is 5.82. The van der Waals surface area contributed by atoms with Gasteiger partial charge in [0.2, 0.25) is 5.43 Å². The van der Waals surface area contributed by atoms with Gasteiger partial charge in [-0.2, -0.15) is 0 Å². The number of unbranched alkanes of at least 4 members (excludes halogenated alkanes) is 4. The number of pyridine rings is 1. The Morgan fingerprint density at radius 3 is 2.64 bits per heavy atom. The van der Waals surface area contributed by atoms with Crippen LogP contribution in [0.1, 0.15) is 44.7 Å². The fourth-order valence-electron chi connectivity index (χ4n) is 2.52. The minimum Gasteiger partial charge on any atom is -0.503 e. The van der Waals surface area contributed by atoms with Crippen molar-refractivity contribution in [3.63, 3.8) is 0 Å². The molecule has 0 spiro atoms. The van der Waals surface area contributed by atoms with Crippen LogP contribution in [0, 0.1) is 10.1 Å². The molecule has 6 heteroatoms. The summed E-state index contributed by atoms with van der Waals surface area (Å²) in [5.74, 6) is -0.330. The first-order chi connectivity index (χ1) is 10.5. The maximum Gasteiger partial charge on any atom is 0.270 e. The number of fused-ring (bicyclic) bond motifs is 1. The van der Waals surface area contributed by atoms with Crippen LogP contribution >= 0.6 is 0 Å². The van der Waals surface area contributed by atoms with Gasteiger partial charge in [-0.05, 0) is 18.9 Å². The molecule has 0 unspecified atom stereocenters. The van der Waals surface area contributed by atoms with Gasteiger partial charge in [0.1, 0.15) is 0 Å². The van der Waals surface area contributed by atoms with Crippen LogP contribution in [0.25, 0.3) is 10.9 Å². The van der Waals surface area contributed by atoms with Crippen LogP contribution in [-0.4, -0.2) is 15.0 Å². The van der Waals surface area contributed by atoms with Crippen molar-refractivity contribution >= 4 is 16.6 Å². The van der Waals surface area contributed by atoms with Crippen molar-refractivity contribution < 1.29 is 10.0 Å². The normalized spacial score (nSPS) is 11.0. The molecule has 2 rings (SSSR count). The van der Waals surface area contributed by atoms with E-state index in [0.29, 0.717) is 17.6 Å². The standard InChI is InChI=1S/C16H20N2O4/c1-2-3-4-5-6-7-14-16(20)15(19)12-10-11(18(21)22)8-9-13(12)17-14/h8-10,20H,2-7H2,1H3,(H,17,19). The molecular formula is C16H20N2O4. The fourth-order valence-corrected chi connectivity index (χ4v) is 2.52. The average molecular weight is 304 g/mol. The molecule has 2 aromatic rings. The van der Waals surface area contributed by atoms with Gasteiger partial charge in [0, 0.05) is 12.1 Å². The van der Waals surface area contributed by atoms with Gasteiger partial charge in [-0.15, -0.1) is 0 Å². The lowest BCUT2D eigenvalue weighted by Crippen LogP contribution is -2.07. The van der Waals surface area contributed by atoms with Crippen molar-refractivity contribution in [2.45, 2.75) is 45.4 Å². The lowest BCUT2D eigenvalue weighted by Gasteiger charge is -2.07. The predicted octanol–water partition coefficient (Wildman–Crippen LogP) is 3.65. The van der Waals surface area contributed by atoms with Crippen LogP contribution in [0.3, 0.4) is 0 Å². The molecule has 0 aliphatic carbocycles. The summed E-state index contributed by atoms with van der Waals surface area (Å²) in [5, 5.41) is 20.9. The first kappa shape index (κ1) is 16.0. The van der Waals surface area contributed by atoms with Crippen molar-refractivity contribution in [2.24, 2.45) is 0 Å². The summed E-state index contributed by atoms with van der Waals surface area (Å²) in [6.45, 7) is 2.14. The lowest BCUT2D eigenvalue weighted by atomic mass is 10.1. The number of benzene rings is 1. The van der Waals surface area contributed by atoms with Gasteiger partial charge in [-0.1, -0.05) is 32.6 Å². The van der Waals surface area contributed by atoms with Crippen molar-refractivity contribution in [1.82, 2.24) is 4.98 Å². The zero-order chi connectivity index (χ0) is 16.1. The van der Waals surface area contributed by atoms with E-state index in [1.54, 1.807) is 0 Å². The topological polar surface area (TPSA) is 96.2 Å². The molecule has 6 nitrogen and oxygen atoms in total. The first-order valence-electron chi connectivity index (χ1n) is 7.57. The van der Waals surface area contributed by atoms with Gasteiger partial charge in [0.15, 0.2) is 5.75 Å². The minimum atomic E-state index is -0.558. The van der Waals surface area contributed by atoms with E-state index in [1.165, 1.54) is 24.6 Å². The summed E-state index contributed by atoms with van der Waals surface area (Å²) in [4.78, 5) is 25.4. The summed E-state index contributed by atoms with van der Waals surface area (Å²) in [7, 11) is 0. The SMILES string of the molecule is CCCCCCCc1[nH]c2ccc([N+](=O)[O-])cc2c(=O)c1O. The molecule has 0 saturated heterocycles. The Bertz CT molecular complexity index is 737.